The van der Waals surface area contributed by atoms with Gasteiger partial charge in [0.15, 0.2) is 0 Å². The Balaban J connectivity index is 2.53. The van der Waals surface area contributed by atoms with Crippen molar-refractivity contribution in [1.29, 1.82) is 0 Å². The lowest BCUT2D eigenvalue weighted by atomic mass is 10.2. The Morgan fingerprint density at radius 1 is 1.38 bits per heavy atom. The zero-order valence-electron chi connectivity index (χ0n) is 7.66. The first kappa shape index (κ1) is 10.5. The Hall–Kier alpha value is -0.600. The number of halogens is 1. The smallest absolute Gasteiger partial charge is 0.0650 e. The van der Waals surface area contributed by atoms with Gasteiger partial charge in [-0.05, 0) is 18.6 Å². The summed E-state index contributed by atoms with van der Waals surface area (Å²) in [6.07, 6.45) is 4.07. The van der Waals surface area contributed by atoms with Crippen molar-refractivity contribution >= 4 is 22.0 Å². The SMILES string of the molecule is CCOC/C=C/c1ccccc1Br. The predicted octanol–water partition coefficient (Wildman–Crippen LogP) is 3.50. The summed E-state index contributed by atoms with van der Waals surface area (Å²) in [5.41, 5.74) is 1.18. The molecule has 0 bridgehead atoms. The number of benzene rings is 1. The largest absolute Gasteiger partial charge is 0.378 e. The Labute approximate surface area is 87.5 Å². The average molecular weight is 241 g/mol. The lowest BCUT2D eigenvalue weighted by Gasteiger charge is -1.97. The second-order valence-electron chi connectivity index (χ2n) is 2.58. The molecular weight excluding hydrogens is 228 g/mol. The zero-order chi connectivity index (χ0) is 9.52. The summed E-state index contributed by atoms with van der Waals surface area (Å²) >= 11 is 3.47. The van der Waals surface area contributed by atoms with Crippen molar-refractivity contribution in [1.82, 2.24) is 0 Å². The summed E-state index contributed by atoms with van der Waals surface area (Å²) in [6.45, 7) is 3.43. The molecule has 70 valence electrons. The van der Waals surface area contributed by atoms with E-state index in [1.165, 1.54) is 5.56 Å². The summed E-state index contributed by atoms with van der Waals surface area (Å²) in [7, 11) is 0. The highest BCUT2D eigenvalue weighted by Crippen LogP contribution is 2.16. The van der Waals surface area contributed by atoms with E-state index in [-0.39, 0.29) is 0 Å². The Bertz CT molecular complexity index is 281. The first-order chi connectivity index (χ1) is 6.34. The third kappa shape index (κ3) is 3.75. The van der Waals surface area contributed by atoms with Gasteiger partial charge in [0.05, 0.1) is 6.61 Å². The van der Waals surface area contributed by atoms with Crippen LogP contribution in [0.1, 0.15) is 12.5 Å². The maximum Gasteiger partial charge on any atom is 0.0650 e. The van der Waals surface area contributed by atoms with Crippen LogP contribution in [-0.2, 0) is 4.74 Å². The van der Waals surface area contributed by atoms with Crippen LogP contribution in [0.5, 0.6) is 0 Å². The van der Waals surface area contributed by atoms with Gasteiger partial charge in [-0.25, -0.2) is 0 Å². The average Bonchev–Trinajstić information content (AvgIpc) is 2.15. The molecule has 0 N–H and O–H groups in total. The minimum Gasteiger partial charge on any atom is -0.378 e. The van der Waals surface area contributed by atoms with E-state index in [1.807, 2.05) is 31.2 Å². The van der Waals surface area contributed by atoms with Crippen molar-refractivity contribution < 1.29 is 4.74 Å². The molecule has 0 atom stereocenters. The molecule has 0 unspecified atom stereocenters. The highest BCUT2D eigenvalue weighted by Gasteiger charge is 1.91. The van der Waals surface area contributed by atoms with Gasteiger partial charge in [0.1, 0.15) is 0 Å². The molecule has 0 spiro atoms. The van der Waals surface area contributed by atoms with Crippen molar-refractivity contribution in [2.45, 2.75) is 6.92 Å². The number of hydrogen-bond donors (Lipinski definition) is 0. The Morgan fingerprint density at radius 2 is 2.15 bits per heavy atom. The zero-order valence-corrected chi connectivity index (χ0v) is 9.25. The summed E-state index contributed by atoms with van der Waals surface area (Å²) in [5, 5.41) is 0. The maximum atomic E-state index is 5.19. The van der Waals surface area contributed by atoms with Crippen molar-refractivity contribution in [3.63, 3.8) is 0 Å². The number of rotatable bonds is 4. The van der Waals surface area contributed by atoms with Gasteiger partial charge in [-0.3, -0.25) is 0 Å². The molecule has 0 aromatic heterocycles. The predicted molar refractivity (Wildman–Crippen MR) is 59.7 cm³/mol. The van der Waals surface area contributed by atoms with E-state index in [0.29, 0.717) is 6.61 Å². The maximum absolute atomic E-state index is 5.19. The first-order valence-electron chi connectivity index (χ1n) is 4.33. The molecular formula is C11H13BrO. The van der Waals surface area contributed by atoms with E-state index in [4.69, 9.17) is 4.74 Å². The minimum absolute atomic E-state index is 0.678. The summed E-state index contributed by atoms with van der Waals surface area (Å²) < 4.78 is 6.31. The molecule has 1 aromatic carbocycles. The second kappa shape index (κ2) is 5.95. The molecule has 0 saturated carbocycles. The van der Waals surface area contributed by atoms with Crippen molar-refractivity contribution in [2.24, 2.45) is 0 Å². The summed E-state index contributed by atoms with van der Waals surface area (Å²) in [5.74, 6) is 0. The molecule has 1 rings (SSSR count). The van der Waals surface area contributed by atoms with Gasteiger partial charge < -0.3 is 4.74 Å². The molecule has 0 amide bonds. The fourth-order valence-electron chi connectivity index (χ4n) is 0.971. The molecule has 13 heavy (non-hydrogen) atoms. The van der Waals surface area contributed by atoms with Crippen LogP contribution in [0, 0.1) is 0 Å². The standard InChI is InChI=1S/C11H13BrO/c1-2-13-9-5-7-10-6-3-4-8-11(10)12/h3-8H,2,9H2,1H3/b7-5+. The van der Waals surface area contributed by atoms with Gasteiger partial charge in [-0.1, -0.05) is 46.3 Å². The lowest BCUT2D eigenvalue weighted by molar-refractivity contribution is 0.178. The molecule has 0 aliphatic rings. The topological polar surface area (TPSA) is 9.23 Å². The van der Waals surface area contributed by atoms with Crippen LogP contribution in [-0.4, -0.2) is 13.2 Å². The van der Waals surface area contributed by atoms with Gasteiger partial charge in [0.25, 0.3) is 0 Å². The van der Waals surface area contributed by atoms with E-state index in [1.54, 1.807) is 0 Å². The first-order valence-corrected chi connectivity index (χ1v) is 5.12. The van der Waals surface area contributed by atoms with Crippen LogP contribution in [0.25, 0.3) is 6.08 Å². The van der Waals surface area contributed by atoms with E-state index >= 15 is 0 Å². The fourth-order valence-corrected chi connectivity index (χ4v) is 1.39. The normalized spacial score (nSPS) is 10.9. The van der Waals surface area contributed by atoms with Gasteiger partial charge in [-0.2, -0.15) is 0 Å². The van der Waals surface area contributed by atoms with E-state index in [0.717, 1.165) is 11.1 Å². The third-order valence-electron chi connectivity index (χ3n) is 1.62. The van der Waals surface area contributed by atoms with Gasteiger partial charge in [-0.15, -0.1) is 0 Å². The van der Waals surface area contributed by atoms with Crippen molar-refractivity contribution in [3.05, 3.63) is 40.4 Å². The molecule has 0 fully saturated rings. The summed E-state index contributed by atoms with van der Waals surface area (Å²) in [4.78, 5) is 0. The van der Waals surface area contributed by atoms with Crippen molar-refractivity contribution in [3.8, 4) is 0 Å². The van der Waals surface area contributed by atoms with Gasteiger partial charge in [0.2, 0.25) is 0 Å². The highest BCUT2D eigenvalue weighted by molar-refractivity contribution is 9.10. The molecule has 0 aliphatic carbocycles. The quantitative estimate of drug-likeness (QED) is 0.733. The van der Waals surface area contributed by atoms with Crippen molar-refractivity contribution in [2.75, 3.05) is 13.2 Å². The van der Waals surface area contributed by atoms with Crippen LogP contribution < -0.4 is 0 Å². The van der Waals surface area contributed by atoms with Crippen LogP contribution in [0.15, 0.2) is 34.8 Å². The summed E-state index contributed by atoms with van der Waals surface area (Å²) in [6, 6.07) is 8.11. The monoisotopic (exact) mass is 240 g/mol. The molecule has 0 radical (unpaired) electrons. The van der Waals surface area contributed by atoms with Gasteiger partial charge in [0, 0.05) is 11.1 Å². The molecule has 0 saturated heterocycles. The van der Waals surface area contributed by atoms with Crippen LogP contribution >= 0.6 is 15.9 Å². The van der Waals surface area contributed by atoms with E-state index in [9.17, 15) is 0 Å². The Morgan fingerprint density at radius 3 is 2.85 bits per heavy atom. The number of hydrogen-bond acceptors (Lipinski definition) is 1. The lowest BCUT2D eigenvalue weighted by Crippen LogP contribution is -1.87. The van der Waals surface area contributed by atoms with Crippen LogP contribution in [0.3, 0.4) is 0 Å². The molecule has 2 heteroatoms. The molecule has 0 aliphatic heterocycles. The molecule has 1 nitrogen and oxygen atoms in total. The second-order valence-corrected chi connectivity index (χ2v) is 3.44. The van der Waals surface area contributed by atoms with E-state index < -0.39 is 0 Å². The van der Waals surface area contributed by atoms with Crippen LogP contribution in [0.2, 0.25) is 0 Å². The minimum atomic E-state index is 0.678. The molecule has 1 aromatic rings. The van der Waals surface area contributed by atoms with Gasteiger partial charge >= 0.3 is 0 Å². The van der Waals surface area contributed by atoms with Crippen LogP contribution in [0.4, 0.5) is 0 Å². The fraction of sp³-hybridized carbons (Fsp3) is 0.273. The molecule has 0 heterocycles. The van der Waals surface area contributed by atoms with E-state index in [2.05, 4.69) is 28.1 Å². The Kier molecular flexibility index (Phi) is 4.79. The third-order valence-corrected chi connectivity index (χ3v) is 2.34. The number of ether oxygens (including phenoxy) is 1. The highest BCUT2D eigenvalue weighted by atomic mass is 79.9.